The van der Waals surface area contributed by atoms with Gasteiger partial charge in [0.05, 0.1) is 5.52 Å². The second kappa shape index (κ2) is 6.71. The van der Waals surface area contributed by atoms with Crippen LogP contribution in [-0.2, 0) is 13.0 Å². The predicted octanol–water partition coefficient (Wildman–Crippen LogP) is 3.47. The van der Waals surface area contributed by atoms with Gasteiger partial charge in [-0.15, -0.1) is 12.3 Å². The highest BCUT2D eigenvalue weighted by molar-refractivity contribution is 5.85. The van der Waals surface area contributed by atoms with Crippen LogP contribution in [-0.4, -0.2) is 14.5 Å². The molecule has 2 heterocycles. The summed E-state index contributed by atoms with van der Waals surface area (Å²) in [5.74, 6) is 3.66. The Morgan fingerprint density at radius 3 is 2.96 bits per heavy atom. The van der Waals surface area contributed by atoms with Crippen molar-refractivity contribution in [3.8, 4) is 12.3 Å². The Bertz CT molecular complexity index is 921. The lowest BCUT2D eigenvalue weighted by Crippen LogP contribution is -2.06. The van der Waals surface area contributed by atoms with Crippen molar-refractivity contribution in [2.45, 2.75) is 32.7 Å². The Balaban J connectivity index is 2.05. The topological polar surface area (TPSA) is 56.7 Å². The zero-order valence-electron chi connectivity index (χ0n) is 13.6. The molecule has 0 fully saturated rings. The minimum atomic E-state index is -0.244. The monoisotopic (exact) mass is 322 g/mol. The van der Waals surface area contributed by atoms with E-state index >= 15 is 0 Å². The smallest absolute Gasteiger partial charge is 0.151 e. The fourth-order valence-corrected chi connectivity index (χ4v) is 2.84. The van der Waals surface area contributed by atoms with E-state index in [2.05, 4.69) is 20.5 Å². The molecule has 122 valence electrons. The Labute approximate surface area is 140 Å². The molecule has 0 aliphatic rings. The number of nitrogen functional groups attached to an aromatic ring is 1. The van der Waals surface area contributed by atoms with Gasteiger partial charge in [0.1, 0.15) is 17.2 Å². The summed E-state index contributed by atoms with van der Waals surface area (Å²) >= 11 is 0. The van der Waals surface area contributed by atoms with Crippen molar-refractivity contribution in [3.05, 3.63) is 53.2 Å². The van der Waals surface area contributed by atoms with Crippen LogP contribution in [0.2, 0.25) is 0 Å². The zero-order valence-corrected chi connectivity index (χ0v) is 13.6. The first-order valence-electron chi connectivity index (χ1n) is 7.88. The molecule has 0 aliphatic carbocycles. The Morgan fingerprint density at radius 2 is 2.17 bits per heavy atom. The van der Waals surface area contributed by atoms with E-state index in [-0.39, 0.29) is 5.82 Å². The molecule has 0 bridgehead atoms. The van der Waals surface area contributed by atoms with Gasteiger partial charge in [-0.05, 0) is 42.7 Å². The van der Waals surface area contributed by atoms with Crippen molar-refractivity contribution >= 4 is 16.9 Å². The molecule has 4 nitrogen and oxygen atoms in total. The third kappa shape index (κ3) is 3.09. The van der Waals surface area contributed by atoms with Gasteiger partial charge in [-0.2, -0.15) is 0 Å². The number of fused-ring (bicyclic) bond motifs is 1. The zero-order chi connectivity index (χ0) is 17.1. The normalized spacial score (nSPS) is 10.9. The molecule has 0 saturated heterocycles. The van der Waals surface area contributed by atoms with E-state index in [4.69, 9.17) is 12.2 Å². The van der Waals surface area contributed by atoms with E-state index in [1.807, 2.05) is 13.0 Å². The molecule has 24 heavy (non-hydrogen) atoms. The van der Waals surface area contributed by atoms with E-state index in [0.717, 1.165) is 35.4 Å². The quantitative estimate of drug-likeness (QED) is 0.578. The summed E-state index contributed by atoms with van der Waals surface area (Å²) in [7, 11) is 0. The van der Waals surface area contributed by atoms with Gasteiger partial charge >= 0.3 is 0 Å². The molecular formula is C19H19FN4. The first-order chi connectivity index (χ1) is 11.6. The van der Waals surface area contributed by atoms with Crippen LogP contribution in [0, 0.1) is 25.1 Å². The van der Waals surface area contributed by atoms with E-state index in [1.165, 1.54) is 6.07 Å². The average Bonchev–Trinajstić information content (AvgIpc) is 2.91. The number of rotatable bonds is 5. The number of pyridine rings is 1. The number of nitrogens with two attached hydrogens (primary N) is 1. The number of terminal acetylenes is 1. The van der Waals surface area contributed by atoms with Gasteiger partial charge in [0.2, 0.25) is 0 Å². The number of benzene rings is 1. The number of hydrogen-bond acceptors (Lipinski definition) is 3. The van der Waals surface area contributed by atoms with Gasteiger partial charge in [0.25, 0.3) is 0 Å². The minimum absolute atomic E-state index is 0.244. The molecule has 2 aromatic heterocycles. The molecule has 0 unspecified atom stereocenters. The van der Waals surface area contributed by atoms with Gasteiger partial charge in [0, 0.05) is 25.6 Å². The first kappa shape index (κ1) is 16.0. The third-order valence-corrected chi connectivity index (χ3v) is 4.14. The highest BCUT2D eigenvalue weighted by Gasteiger charge is 2.14. The standard InChI is InChI=1S/C19H19FN4/c1-3-4-5-10-24-16-8-9-22-19(21)18(16)23-17(24)12-14-11-15(20)7-6-13(14)2/h1,6-9,11H,4-5,10,12H2,2H3,(H2,21,22). The van der Waals surface area contributed by atoms with Gasteiger partial charge in [-0.3, -0.25) is 0 Å². The molecule has 5 heteroatoms. The third-order valence-electron chi connectivity index (χ3n) is 4.14. The Hall–Kier alpha value is -2.87. The van der Waals surface area contributed by atoms with Crippen molar-refractivity contribution in [1.82, 2.24) is 14.5 Å². The van der Waals surface area contributed by atoms with Crippen molar-refractivity contribution in [2.24, 2.45) is 0 Å². The van der Waals surface area contributed by atoms with Gasteiger partial charge in [-0.25, -0.2) is 14.4 Å². The molecule has 0 atom stereocenters. The van der Waals surface area contributed by atoms with Crippen molar-refractivity contribution in [2.75, 3.05) is 5.73 Å². The summed E-state index contributed by atoms with van der Waals surface area (Å²) < 4.78 is 15.7. The minimum Gasteiger partial charge on any atom is -0.382 e. The van der Waals surface area contributed by atoms with Crippen molar-refractivity contribution in [1.29, 1.82) is 0 Å². The molecule has 2 N–H and O–H groups in total. The van der Waals surface area contributed by atoms with Gasteiger partial charge < -0.3 is 10.3 Å². The van der Waals surface area contributed by atoms with Crippen LogP contribution < -0.4 is 5.73 Å². The summed E-state index contributed by atoms with van der Waals surface area (Å²) in [6.45, 7) is 2.71. The second-order valence-electron chi connectivity index (χ2n) is 5.80. The van der Waals surface area contributed by atoms with E-state index in [0.29, 0.717) is 24.2 Å². The van der Waals surface area contributed by atoms with Crippen LogP contribution in [0.25, 0.3) is 11.0 Å². The Morgan fingerprint density at radius 1 is 1.33 bits per heavy atom. The second-order valence-corrected chi connectivity index (χ2v) is 5.80. The lowest BCUT2D eigenvalue weighted by atomic mass is 10.1. The maximum Gasteiger partial charge on any atom is 0.151 e. The van der Waals surface area contributed by atoms with Crippen LogP contribution >= 0.6 is 0 Å². The van der Waals surface area contributed by atoms with E-state index in [9.17, 15) is 4.39 Å². The Kier molecular flexibility index (Phi) is 4.48. The summed E-state index contributed by atoms with van der Waals surface area (Å²) in [5.41, 5.74) is 9.52. The number of anilines is 1. The predicted molar refractivity (Wildman–Crippen MR) is 94.0 cm³/mol. The molecule has 3 aromatic rings. The number of aromatic nitrogens is 3. The summed E-state index contributed by atoms with van der Waals surface area (Å²) in [6.07, 6.45) is 9.11. The fourth-order valence-electron chi connectivity index (χ4n) is 2.84. The number of halogens is 1. The number of nitrogens with zero attached hydrogens (tertiary/aromatic N) is 3. The summed E-state index contributed by atoms with van der Waals surface area (Å²) in [4.78, 5) is 8.76. The highest BCUT2D eigenvalue weighted by Crippen LogP contribution is 2.23. The number of imidazole rings is 1. The van der Waals surface area contributed by atoms with Gasteiger partial charge in [0.15, 0.2) is 5.82 Å². The van der Waals surface area contributed by atoms with Crippen LogP contribution in [0.5, 0.6) is 0 Å². The molecule has 0 spiro atoms. The van der Waals surface area contributed by atoms with E-state index < -0.39 is 0 Å². The molecular weight excluding hydrogens is 303 g/mol. The van der Waals surface area contributed by atoms with Crippen LogP contribution in [0.4, 0.5) is 10.2 Å². The van der Waals surface area contributed by atoms with Crippen LogP contribution in [0.3, 0.4) is 0 Å². The van der Waals surface area contributed by atoms with Crippen molar-refractivity contribution < 1.29 is 4.39 Å². The fraction of sp³-hybridized carbons (Fsp3) is 0.263. The largest absolute Gasteiger partial charge is 0.382 e. The summed E-state index contributed by atoms with van der Waals surface area (Å²) in [6, 6.07) is 6.71. The molecule has 1 aromatic carbocycles. The van der Waals surface area contributed by atoms with Crippen molar-refractivity contribution in [3.63, 3.8) is 0 Å². The lowest BCUT2D eigenvalue weighted by molar-refractivity contribution is 0.622. The van der Waals surface area contributed by atoms with Crippen LogP contribution in [0.1, 0.15) is 29.8 Å². The SMILES string of the molecule is C#CCCCn1c(Cc2cc(F)ccc2C)nc2c(N)nccc21. The molecule has 0 amide bonds. The van der Waals surface area contributed by atoms with Crippen LogP contribution in [0.15, 0.2) is 30.5 Å². The van der Waals surface area contributed by atoms with E-state index in [1.54, 1.807) is 18.3 Å². The number of aryl methyl sites for hydroxylation is 2. The maximum absolute atomic E-state index is 13.6. The van der Waals surface area contributed by atoms with Gasteiger partial charge in [-0.1, -0.05) is 6.07 Å². The molecule has 0 aliphatic heterocycles. The molecule has 3 rings (SSSR count). The first-order valence-corrected chi connectivity index (χ1v) is 7.88. The number of unbranched alkanes of at least 4 members (excludes halogenated alkanes) is 1. The lowest BCUT2D eigenvalue weighted by Gasteiger charge is -2.10. The molecule has 0 radical (unpaired) electrons. The molecule has 0 saturated carbocycles. The summed E-state index contributed by atoms with van der Waals surface area (Å²) in [5, 5.41) is 0. The number of hydrogen-bond donors (Lipinski definition) is 1. The maximum atomic E-state index is 13.6. The highest BCUT2D eigenvalue weighted by atomic mass is 19.1. The average molecular weight is 322 g/mol.